The second-order valence-corrected chi connectivity index (χ2v) is 5.74. The Hall–Kier alpha value is -0.290. The summed E-state index contributed by atoms with van der Waals surface area (Å²) in [5, 5.41) is 8.34. The number of hydrogen-bond donors (Lipinski definition) is 1. The van der Waals surface area contributed by atoms with Crippen LogP contribution in [-0.4, -0.2) is 38.6 Å². The van der Waals surface area contributed by atoms with E-state index in [-0.39, 0.29) is 0 Å². The van der Waals surface area contributed by atoms with Crippen molar-refractivity contribution in [1.29, 1.82) is 0 Å². The van der Waals surface area contributed by atoms with Crippen LogP contribution in [0.2, 0.25) is 0 Å². The van der Waals surface area contributed by atoms with Gasteiger partial charge in [0.25, 0.3) is 0 Å². The van der Waals surface area contributed by atoms with E-state index in [4.69, 9.17) is 17.3 Å². The third kappa shape index (κ3) is 4.38. The van der Waals surface area contributed by atoms with E-state index in [1.54, 1.807) is 6.92 Å². The quantitative estimate of drug-likeness (QED) is 0.759. The maximum absolute atomic E-state index is 10.7. The van der Waals surface area contributed by atoms with Crippen LogP contribution in [0.1, 0.15) is 32.6 Å². The molecule has 0 aromatic heterocycles. The predicted octanol–water partition coefficient (Wildman–Crippen LogP) is 2.35. The van der Waals surface area contributed by atoms with Crippen molar-refractivity contribution in [3.63, 3.8) is 0 Å². The van der Waals surface area contributed by atoms with Crippen LogP contribution in [0.15, 0.2) is 0 Å². The average Bonchev–Trinajstić information content (AvgIpc) is 2.45. The average molecular weight is 247 g/mol. The zero-order chi connectivity index (χ0) is 11.3. The molecule has 0 amide bonds. The van der Waals surface area contributed by atoms with Gasteiger partial charge in [-0.1, -0.05) is 36.8 Å². The third-order valence-corrected chi connectivity index (χ3v) is 4.05. The molecule has 5 heteroatoms. The number of thiocarbonyl (C=S) groups is 1. The molecule has 0 bridgehead atoms. The summed E-state index contributed by atoms with van der Waals surface area (Å²) in [5.74, 6) is -0.794. The Morgan fingerprint density at radius 3 is 2.33 bits per heavy atom. The zero-order valence-electron chi connectivity index (χ0n) is 8.94. The highest BCUT2D eigenvalue weighted by molar-refractivity contribution is 8.23. The normalized spacial score (nSPS) is 19.4. The van der Waals surface area contributed by atoms with E-state index in [9.17, 15) is 4.79 Å². The van der Waals surface area contributed by atoms with Crippen molar-refractivity contribution in [3.05, 3.63) is 0 Å². The maximum atomic E-state index is 10.7. The monoisotopic (exact) mass is 247 g/mol. The number of hydrogen-bond acceptors (Lipinski definition) is 3. The summed E-state index contributed by atoms with van der Waals surface area (Å²) in [6, 6.07) is 0. The number of carboxylic acids is 1. The maximum Gasteiger partial charge on any atom is 0.316 e. The lowest BCUT2D eigenvalue weighted by Crippen LogP contribution is -2.30. The van der Waals surface area contributed by atoms with Gasteiger partial charge in [0, 0.05) is 13.1 Å². The van der Waals surface area contributed by atoms with Crippen LogP contribution in [0.3, 0.4) is 0 Å². The van der Waals surface area contributed by atoms with Gasteiger partial charge in [0.05, 0.1) is 0 Å². The highest BCUT2D eigenvalue weighted by atomic mass is 32.2. The lowest BCUT2D eigenvalue weighted by atomic mass is 10.2. The van der Waals surface area contributed by atoms with Crippen LogP contribution in [0.4, 0.5) is 0 Å². The van der Waals surface area contributed by atoms with Crippen molar-refractivity contribution >= 4 is 34.3 Å². The third-order valence-electron chi connectivity index (χ3n) is 2.49. The van der Waals surface area contributed by atoms with E-state index in [0.29, 0.717) is 0 Å². The van der Waals surface area contributed by atoms with Crippen molar-refractivity contribution in [2.45, 2.75) is 37.9 Å². The Labute approximate surface area is 100 Å². The second-order valence-electron chi connectivity index (χ2n) is 3.77. The number of nitrogens with zero attached hydrogens (tertiary/aromatic N) is 1. The first kappa shape index (κ1) is 12.8. The fourth-order valence-electron chi connectivity index (χ4n) is 1.53. The Morgan fingerprint density at radius 2 is 1.87 bits per heavy atom. The highest BCUT2D eigenvalue weighted by Gasteiger charge is 2.19. The first-order valence-corrected chi connectivity index (χ1v) is 6.58. The van der Waals surface area contributed by atoms with Crippen LogP contribution >= 0.6 is 24.0 Å². The van der Waals surface area contributed by atoms with Crippen molar-refractivity contribution in [2.24, 2.45) is 0 Å². The Kier molecular flexibility index (Phi) is 5.39. The zero-order valence-corrected chi connectivity index (χ0v) is 10.6. The summed E-state index contributed by atoms with van der Waals surface area (Å²) in [6.07, 6.45) is 4.86. The minimum absolute atomic E-state index is 0.444. The molecule has 1 aliphatic rings. The fourth-order valence-corrected chi connectivity index (χ4v) is 2.88. The molecule has 1 saturated heterocycles. The molecule has 0 spiro atoms. The van der Waals surface area contributed by atoms with E-state index < -0.39 is 11.2 Å². The molecule has 0 radical (unpaired) electrons. The van der Waals surface area contributed by atoms with Gasteiger partial charge in [-0.3, -0.25) is 4.79 Å². The molecule has 0 aromatic carbocycles. The van der Waals surface area contributed by atoms with Gasteiger partial charge >= 0.3 is 5.97 Å². The molecule has 86 valence electrons. The summed E-state index contributed by atoms with van der Waals surface area (Å²) < 4.78 is 0.742. The molecular weight excluding hydrogens is 230 g/mol. The van der Waals surface area contributed by atoms with Gasteiger partial charge in [-0.25, -0.2) is 0 Å². The molecular formula is C10H17NO2S2. The summed E-state index contributed by atoms with van der Waals surface area (Å²) >= 11 is 6.54. The molecule has 0 aliphatic carbocycles. The van der Waals surface area contributed by atoms with Crippen LogP contribution in [0, 0.1) is 0 Å². The molecule has 1 fully saturated rings. The van der Waals surface area contributed by atoms with Gasteiger partial charge in [0.1, 0.15) is 9.57 Å². The first-order valence-electron chi connectivity index (χ1n) is 5.29. The Morgan fingerprint density at radius 1 is 1.33 bits per heavy atom. The lowest BCUT2D eigenvalue weighted by Gasteiger charge is -2.23. The van der Waals surface area contributed by atoms with Crippen molar-refractivity contribution in [1.82, 2.24) is 4.90 Å². The van der Waals surface area contributed by atoms with E-state index in [1.165, 1.54) is 37.4 Å². The molecule has 1 N–H and O–H groups in total. The summed E-state index contributed by atoms with van der Waals surface area (Å²) in [6.45, 7) is 3.65. The summed E-state index contributed by atoms with van der Waals surface area (Å²) in [5.41, 5.74) is 0. The van der Waals surface area contributed by atoms with Crippen LogP contribution in [0.5, 0.6) is 0 Å². The molecule has 0 saturated carbocycles. The van der Waals surface area contributed by atoms with Crippen molar-refractivity contribution < 1.29 is 9.90 Å². The lowest BCUT2D eigenvalue weighted by molar-refractivity contribution is -0.136. The van der Waals surface area contributed by atoms with Gasteiger partial charge in [-0.05, 0) is 19.8 Å². The largest absolute Gasteiger partial charge is 0.480 e. The number of aliphatic carboxylic acids is 1. The van der Waals surface area contributed by atoms with Gasteiger partial charge in [0.15, 0.2) is 0 Å². The van der Waals surface area contributed by atoms with Crippen LogP contribution in [-0.2, 0) is 4.79 Å². The summed E-state index contributed by atoms with van der Waals surface area (Å²) in [4.78, 5) is 12.8. The Balaban J connectivity index is 2.41. The smallest absolute Gasteiger partial charge is 0.316 e. The minimum atomic E-state index is -0.794. The van der Waals surface area contributed by atoms with Crippen LogP contribution in [0.25, 0.3) is 0 Å². The SMILES string of the molecule is C[C@H](SC(=S)N1CCCCCC1)C(=O)O. The molecule has 0 aromatic rings. The topological polar surface area (TPSA) is 40.5 Å². The molecule has 1 atom stereocenters. The molecule has 1 heterocycles. The van der Waals surface area contributed by atoms with E-state index in [1.807, 2.05) is 0 Å². The molecule has 0 unspecified atom stereocenters. The number of rotatable bonds is 2. The predicted molar refractivity (Wildman–Crippen MR) is 67.3 cm³/mol. The van der Waals surface area contributed by atoms with Gasteiger partial charge < -0.3 is 10.0 Å². The van der Waals surface area contributed by atoms with E-state index >= 15 is 0 Å². The number of carboxylic acid groups (broad SMARTS) is 1. The number of carbonyl (C=O) groups is 1. The number of likely N-dealkylation sites (tertiary alicyclic amines) is 1. The fraction of sp³-hybridized carbons (Fsp3) is 0.800. The highest BCUT2D eigenvalue weighted by Crippen LogP contribution is 2.19. The standard InChI is InChI=1S/C10H17NO2S2/c1-8(9(12)13)15-10(14)11-6-4-2-3-5-7-11/h8H,2-7H2,1H3,(H,12,13)/t8-/m0/s1. The van der Waals surface area contributed by atoms with Gasteiger partial charge in [-0.15, -0.1) is 0 Å². The Bertz CT molecular complexity index is 238. The van der Waals surface area contributed by atoms with Crippen LogP contribution < -0.4 is 0 Å². The number of thioether (sulfide) groups is 1. The van der Waals surface area contributed by atoms with Crippen molar-refractivity contribution in [2.75, 3.05) is 13.1 Å². The molecule has 3 nitrogen and oxygen atoms in total. The van der Waals surface area contributed by atoms with Gasteiger partial charge in [0.2, 0.25) is 0 Å². The summed E-state index contributed by atoms with van der Waals surface area (Å²) in [7, 11) is 0. The van der Waals surface area contributed by atoms with Crippen molar-refractivity contribution in [3.8, 4) is 0 Å². The van der Waals surface area contributed by atoms with E-state index in [0.717, 1.165) is 17.4 Å². The first-order chi connectivity index (χ1) is 7.11. The second kappa shape index (κ2) is 6.33. The molecule has 1 aliphatic heterocycles. The van der Waals surface area contributed by atoms with Gasteiger partial charge in [-0.2, -0.15) is 0 Å². The van der Waals surface area contributed by atoms with E-state index in [2.05, 4.69) is 4.90 Å². The minimum Gasteiger partial charge on any atom is -0.480 e. The molecule has 1 rings (SSSR count). The molecule has 15 heavy (non-hydrogen) atoms.